The lowest BCUT2D eigenvalue weighted by molar-refractivity contribution is 1.01. The maximum absolute atomic E-state index is 4.66. The molecule has 19 heavy (non-hydrogen) atoms. The average Bonchev–Trinajstić information content (AvgIpc) is 2.76. The zero-order valence-corrected chi connectivity index (χ0v) is 11.6. The molecule has 1 heterocycles. The summed E-state index contributed by atoms with van der Waals surface area (Å²) in [7, 11) is 0. The summed E-state index contributed by atoms with van der Waals surface area (Å²) in [5, 5.41) is 0. The van der Waals surface area contributed by atoms with Gasteiger partial charge in [-0.3, -0.25) is 0 Å². The number of imidazole rings is 1. The molecule has 0 bridgehead atoms. The van der Waals surface area contributed by atoms with Gasteiger partial charge in [0.25, 0.3) is 0 Å². The standard InChI is InChI=1S/C17H18N2/c1-11-8-12(2)14(13(3)9-11)10-17-18-15-6-4-5-7-16(15)19-17/h4-9H,10H2,1-3H3,(H,18,19). The van der Waals surface area contributed by atoms with Crippen molar-refractivity contribution in [2.45, 2.75) is 27.2 Å². The third-order valence-corrected chi connectivity index (χ3v) is 3.62. The van der Waals surface area contributed by atoms with Crippen LogP contribution in [0.2, 0.25) is 0 Å². The maximum atomic E-state index is 4.66. The van der Waals surface area contributed by atoms with Crippen molar-refractivity contribution in [3.8, 4) is 0 Å². The molecule has 2 heteroatoms. The van der Waals surface area contributed by atoms with E-state index in [1.54, 1.807) is 0 Å². The van der Waals surface area contributed by atoms with E-state index in [2.05, 4.69) is 48.9 Å². The molecule has 0 amide bonds. The summed E-state index contributed by atoms with van der Waals surface area (Å²) in [4.78, 5) is 8.06. The highest BCUT2D eigenvalue weighted by molar-refractivity contribution is 5.74. The second kappa shape index (κ2) is 4.54. The number of rotatable bonds is 2. The first kappa shape index (κ1) is 12.0. The molecule has 0 aliphatic rings. The van der Waals surface area contributed by atoms with E-state index in [1.807, 2.05) is 18.2 Å². The van der Waals surface area contributed by atoms with E-state index < -0.39 is 0 Å². The molecular weight excluding hydrogens is 232 g/mol. The first-order valence-electron chi connectivity index (χ1n) is 6.64. The Balaban J connectivity index is 2.01. The van der Waals surface area contributed by atoms with Gasteiger partial charge in [0.05, 0.1) is 11.0 Å². The van der Waals surface area contributed by atoms with Crippen LogP contribution in [-0.2, 0) is 6.42 Å². The van der Waals surface area contributed by atoms with Crippen molar-refractivity contribution in [2.24, 2.45) is 0 Å². The Hall–Kier alpha value is -2.09. The van der Waals surface area contributed by atoms with Crippen LogP contribution in [-0.4, -0.2) is 9.97 Å². The summed E-state index contributed by atoms with van der Waals surface area (Å²) < 4.78 is 0. The average molecular weight is 250 g/mol. The zero-order valence-electron chi connectivity index (χ0n) is 11.6. The van der Waals surface area contributed by atoms with Gasteiger partial charge in [-0.25, -0.2) is 4.98 Å². The van der Waals surface area contributed by atoms with E-state index in [0.717, 1.165) is 23.3 Å². The van der Waals surface area contributed by atoms with Gasteiger partial charge < -0.3 is 4.98 Å². The van der Waals surface area contributed by atoms with Crippen molar-refractivity contribution in [3.63, 3.8) is 0 Å². The quantitative estimate of drug-likeness (QED) is 0.729. The van der Waals surface area contributed by atoms with Crippen LogP contribution in [0.3, 0.4) is 0 Å². The lowest BCUT2D eigenvalue weighted by Crippen LogP contribution is -1.98. The van der Waals surface area contributed by atoms with Crippen LogP contribution in [0.1, 0.15) is 28.1 Å². The molecule has 0 saturated heterocycles. The maximum Gasteiger partial charge on any atom is 0.111 e. The largest absolute Gasteiger partial charge is 0.342 e. The number of aromatic amines is 1. The van der Waals surface area contributed by atoms with E-state index in [1.165, 1.54) is 22.3 Å². The molecule has 3 rings (SSSR count). The molecule has 0 radical (unpaired) electrons. The summed E-state index contributed by atoms with van der Waals surface area (Å²) in [5.74, 6) is 1.04. The van der Waals surface area contributed by atoms with Crippen molar-refractivity contribution < 1.29 is 0 Å². The minimum absolute atomic E-state index is 0.868. The van der Waals surface area contributed by atoms with E-state index >= 15 is 0 Å². The fraction of sp³-hybridized carbons (Fsp3) is 0.235. The number of aromatic nitrogens is 2. The molecule has 0 unspecified atom stereocenters. The van der Waals surface area contributed by atoms with Crippen molar-refractivity contribution >= 4 is 11.0 Å². The van der Waals surface area contributed by atoms with Gasteiger partial charge in [0, 0.05) is 6.42 Å². The predicted octanol–water partition coefficient (Wildman–Crippen LogP) is 4.08. The molecule has 1 N–H and O–H groups in total. The molecule has 2 nitrogen and oxygen atoms in total. The van der Waals surface area contributed by atoms with E-state index in [0.29, 0.717) is 0 Å². The Morgan fingerprint density at radius 3 is 2.37 bits per heavy atom. The van der Waals surface area contributed by atoms with Gasteiger partial charge in [0.1, 0.15) is 5.82 Å². The van der Waals surface area contributed by atoms with Crippen LogP contribution < -0.4 is 0 Å². The van der Waals surface area contributed by atoms with Gasteiger partial charge in [-0.2, -0.15) is 0 Å². The molecule has 96 valence electrons. The van der Waals surface area contributed by atoms with Gasteiger partial charge >= 0.3 is 0 Å². The summed E-state index contributed by atoms with van der Waals surface area (Å²) in [6.45, 7) is 6.50. The highest BCUT2D eigenvalue weighted by Gasteiger charge is 2.08. The number of nitrogens with one attached hydrogen (secondary N) is 1. The second-order valence-electron chi connectivity index (χ2n) is 5.25. The minimum Gasteiger partial charge on any atom is -0.342 e. The van der Waals surface area contributed by atoms with Crippen molar-refractivity contribution in [1.82, 2.24) is 9.97 Å². The SMILES string of the molecule is Cc1cc(C)c(Cc2nc3ccccc3[nH]2)c(C)c1. The normalized spacial score (nSPS) is 11.1. The van der Waals surface area contributed by atoms with E-state index in [4.69, 9.17) is 0 Å². The molecule has 0 fully saturated rings. The fourth-order valence-corrected chi connectivity index (χ4v) is 2.75. The van der Waals surface area contributed by atoms with Gasteiger partial charge in [0.15, 0.2) is 0 Å². The molecule has 0 spiro atoms. The minimum atomic E-state index is 0.868. The monoisotopic (exact) mass is 250 g/mol. The number of fused-ring (bicyclic) bond motifs is 1. The van der Waals surface area contributed by atoms with Gasteiger partial charge in [-0.15, -0.1) is 0 Å². The number of hydrogen-bond acceptors (Lipinski definition) is 1. The highest BCUT2D eigenvalue weighted by atomic mass is 14.9. The van der Waals surface area contributed by atoms with E-state index in [-0.39, 0.29) is 0 Å². The van der Waals surface area contributed by atoms with Gasteiger partial charge in [0.2, 0.25) is 0 Å². The molecule has 0 saturated carbocycles. The van der Waals surface area contributed by atoms with Crippen LogP contribution in [0.15, 0.2) is 36.4 Å². The van der Waals surface area contributed by atoms with Crippen molar-refractivity contribution in [1.29, 1.82) is 0 Å². The smallest absolute Gasteiger partial charge is 0.111 e. The summed E-state index contributed by atoms with van der Waals surface area (Å²) in [6, 6.07) is 12.7. The first-order chi connectivity index (χ1) is 9.13. The van der Waals surface area contributed by atoms with Crippen molar-refractivity contribution in [3.05, 3.63) is 64.5 Å². The van der Waals surface area contributed by atoms with Crippen LogP contribution in [0.25, 0.3) is 11.0 Å². The van der Waals surface area contributed by atoms with Crippen LogP contribution in [0.5, 0.6) is 0 Å². The van der Waals surface area contributed by atoms with Gasteiger partial charge in [-0.1, -0.05) is 29.8 Å². The number of benzene rings is 2. The highest BCUT2D eigenvalue weighted by Crippen LogP contribution is 2.20. The Bertz CT molecular complexity index is 682. The van der Waals surface area contributed by atoms with Crippen molar-refractivity contribution in [2.75, 3.05) is 0 Å². The van der Waals surface area contributed by atoms with Gasteiger partial charge in [-0.05, 0) is 49.6 Å². The van der Waals surface area contributed by atoms with Crippen LogP contribution >= 0.6 is 0 Å². The Morgan fingerprint density at radius 1 is 1.00 bits per heavy atom. The Kier molecular flexibility index (Phi) is 2.86. The Morgan fingerprint density at radius 2 is 1.68 bits per heavy atom. The number of H-pyrrole nitrogens is 1. The number of nitrogens with zero attached hydrogens (tertiary/aromatic N) is 1. The topological polar surface area (TPSA) is 28.7 Å². The lowest BCUT2D eigenvalue weighted by Gasteiger charge is -2.09. The number of hydrogen-bond donors (Lipinski definition) is 1. The fourth-order valence-electron chi connectivity index (χ4n) is 2.75. The summed E-state index contributed by atoms with van der Waals surface area (Å²) >= 11 is 0. The number of para-hydroxylation sites is 2. The molecule has 0 atom stereocenters. The summed E-state index contributed by atoms with van der Waals surface area (Å²) in [5.41, 5.74) is 7.55. The third-order valence-electron chi connectivity index (χ3n) is 3.62. The zero-order chi connectivity index (χ0) is 13.4. The molecular formula is C17H18N2. The Labute approximate surface area is 113 Å². The molecule has 0 aliphatic heterocycles. The first-order valence-corrected chi connectivity index (χ1v) is 6.64. The molecule has 0 aliphatic carbocycles. The molecule has 3 aromatic rings. The van der Waals surface area contributed by atoms with Crippen LogP contribution in [0, 0.1) is 20.8 Å². The predicted molar refractivity (Wildman–Crippen MR) is 79.6 cm³/mol. The van der Waals surface area contributed by atoms with Crippen LogP contribution in [0.4, 0.5) is 0 Å². The number of aryl methyl sites for hydroxylation is 3. The third kappa shape index (κ3) is 2.26. The lowest BCUT2D eigenvalue weighted by atomic mass is 9.97. The second-order valence-corrected chi connectivity index (χ2v) is 5.25. The molecule has 1 aromatic heterocycles. The van der Waals surface area contributed by atoms with E-state index in [9.17, 15) is 0 Å². The summed E-state index contributed by atoms with van der Waals surface area (Å²) in [6.07, 6.45) is 0.868. The molecule has 2 aromatic carbocycles.